The molecule has 0 aromatic heterocycles. The van der Waals surface area contributed by atoms with E-state index in [4.69, 9.17) is 4.74 Å². The van der Waals surface area contributed by atoms with Crippen LogP contribution < -0.4 is 10.1 Å². The molecule has 4 heteroatoms. The van der Waals surface area contributed by atoms with Crippen molar-refractivity contribution in [2.24, 2.45) is 0 Å². The summed E-state index contributed by atoms with van der Waals surface area (Å²) < 4.78 is 6.45. The van der Waals surface area contributed by atoms with E-state index in [1.807, 2.05) is 30.3 Å². The predicted molar refractivity (Wildman–Crippen MR) is 97.1 cm³/mol. The van der Waals surface area contributed by atoms with Gasteiger partial charge >= 0.3 is 0 Å². The number of hydrogen-bond acceptors (Lipinski definition) is 2. The van der Waals surface area contributed by atoms with Crippen LogP contribution >= 0.6 is 15.9 Å². The van der Waals surface area contributed by atoms with E-state index in [9.17, 15) is 4.79 Å². The Balaban J connectivity index is 1.79. The molecule has 122 valence electrons. The van der Waals surface area contributed by atoms with Crippen LogP contribution in [0.2, 0.25) is 0 Å². The molecule has 0 saturated carbocycles. The summed E-state index contributed by atoms with van der Waals surface area (Å²) in [7, 11) is 0. The molecule has 2 aromatic rings. The summed E-state index contributed by atoms with van der Waals surface area (Å²) in [6.07, 6.45) is 0. The number of benzene rings is 2. The maximum absolute atomic E-state index is 12.0. The molecule has 0 radical (unpaired) electrons. The number of carbonyl (C=O) groups excluding carboxylic acids is 1. The van der Waals surface area contributed by atoms with Gasteiger partial charge in [-0.25, -0.2) is 0 Å². The van der Waals surface area contributed by atoms with Crippen molar-refractivity contribution in [1.29, 1.82) is 0 Å². The van der Waals surface area contributed by atoms with Gasteiger partial charge in [-0.3, -0.25) is 4.79 Å². The highest BCUT2D eigenvalue weighted by molar-refractivity contribution is 9.10. The van der Waals surface area contributed by atoms with Gasteiger partial charge in [-0.2, -0.15) is 0 Å². The van der Waals surface area contributed by atoms with Gasteiger partial charge in [-0.15, -0.1) is 0 Å². The van der Waals surface area contributed by atoms with E-state index < -0.39 is 0 Å². The van der Waals surface area contributed by atoms with Crippen LogP contribution in [0.4, 0.5) is 0 Å². The fraction of sp³-hybridized carbons (Fsp3) is 0.316. The van der Waals surface area contributed by atoms with Crippen LogP contribution in [-0.2, 0) is 5.41 Å². The second-order valence-corrected chi connectivity index (χ2v) is 7.21. The summed E-state index contributed by atoms with van der Waals surface area (Å²) in [6, 6.07) is 15.4. The molecule has 0 bridgehead atoms. The molecule has 0 heterocycles. The minimum Gasteiger partial charge on any atom is -0.492 e. The zero-order valence-corrected chi connectivity index (χ0v) is 15.3. The summed E-state index contributed by atoms with van der Waals surface area (Å²) >= 11 is 3.37. The van der Waals surface area contributed by atoms with Crippen LogP contribution in [0.25, 0.3) is 0 Å². The average molecular weight is 376 g/mol. The van der Waals surface area contributed by atoms with Crippen LogP contribution in [0, 0.1) is 0 Å². The molecule has 3 nitrogen and oxygen atoms in total. The lowest BCUT2D eigenvalue weighted by molar-refractivity contribution is 0.0946. The molecule has 0 aliphatic carbocycles. The smallest absolute Gasteiger partial charge is 0.252 e. The van der Waals surface area contributed by atoms with Crippen LogP contribution in [0.1, 0.15) is 36.7 Å². The highest BCUT2D eigenvalue weighted by atomic mass is 79.9. The molecule has 2 rings (SSSR count). The topological polar surface area (TPSA) is 38.3 Å². The Morgan fingerprint density at radius 3 is 2.35 bits per heavy atom. The third-order valence-electron chi connectivity index (χ3n) is 3.50. The largest absolute Gasteiger partial charge is 0.492 e. The Bertz CT molecular complexity index is 660. The first-order chi connectivity index (χ1) is 10.9. The molecule has 0 unspecified atom stereocenters. The van der Waals surface area contributed by atoms with Gasteiger partial charge in [0.05, 0.1) is 12.1 Å². The third-order valence-corrected chi connectivity index (χ3v) is 4.19. The lowest BCUT2D eigenvalue weighted by Crippen LogP contribution is -2.28. The summed E-state index contributed by atoms with van der Waals surface area (Å²) in [5.41, 5.74) is 2.03. The molecular formula is C19H22BrNO2. The van der Waals surface area contributed by atoms with Crippen LogP contribution in [-0.4, -0.2) is 19.1 Å². The lowest BCUT2D eigenvalue weighted by atomic mass is 9.87. The van der Waals surface area contributed by atoms with Crippen molar-refractivity contribution >= 4 is 21.8 Å². The van der Waals surface area contributed by atoms with Crippen molar-refractivity contribution in [2.75, 3.05) is 13.2 Å². The van der Waals surface area contributed by atoms with Crippen molar-refractivity contribution in [2.45, 2.75) is 26.2 Å². The fourth-order valence-corrected chi connectivity index (χ4v) is 2.59. The lowest BCUT2D eigenvalue weighted by Gasteiger charge is -2.19. The van der Waals surface area contributed by atoms with Crippen LogP contribution in [0.15, 0.2) is 53.0 Å². The van der Waals surface area contributed by atoms with E-state index in [1.165, 1.54) is 5.56 Å². The SMILES string of the molecule is CC(C)(C)c1ccc(OCCNC(=O)c2ccccc2Br)cc1. The van der Waals surface area contributed by atoms with E-state index >= 15 is 0 Å². The normalized spacial score (nSPS) is 11.1. The number of carbonyl (C=O) groups is 1. The molecule has 0 atom stereocenters. The van der Waals surface area contributed by atoms with E-state index in [2.05, 4.69) is 54.2 Å². The van der Waals surface area contributed by atoms with Gasteiger partial charge in [0.25, 0.3) is 5.91 Å². The molecule has 0 aliphatic heterocycles. The van der Waals surface area contributed by atoms with E-state index in [-0.39, 0.29) is 11.3 Å². The third kappa shape index (κ3) is 5.10. The van der Waals surface area contributed by atoms with Gasteiger partial charge in [0.1, 0.15) is 12.4 Å². The molecule has 23 heavy (non-hydrogen) atoms. The number of amides is 1. The molecular weight excluding hydrogens is 354 g/mol. The van der Waals surface area contributed by atoms with Crippen molar-refractivity contribution in [1.82, 2.24) is 5.32 Å². The zero-order valence-electron chi connectivity index (χ0n) is 13.7. The molecule has 2 aromatic carbocycles. The van der Waals surface area contributed by atoms with Crippen molar-refractivity contribution in [3.63, 3.8) is 0 Å². The summed E-state index contributed by atoms with van der Waals surface area (Å²) in [5.74, 6) is 0.706. The Hall–Kier alpha value is -1.81. The van der Waals surface area contributed by atoms with Crippen molar-refractivity contribution in [3.8, 4) is 5.75 Å². The Labute approximate surface area is 146 Å². The van der Waals surface area contributed by atoms with Gasteiger partial charge < -0.3 is 10.1 Å². The van der Waals surface area contributed by atoms with Gasteiger partial charge in [0.2, 0.25) is 0 Å². The summed E-state index contributed by atoms with van der Waals surface area (Å²) in [5, 5.41) is 2.85. The molecule has 1 amide bonds. The maximum atomic E-state index is 12.0. The van der Waals surface area contributed by atoms with Gasteiger partial charge in [0, 0.05) is 4.47 Å². The molecule has 0 spiro atoms. The average Bonchev–Trinajstić information content (AvgIpc) is 2.51. The Morgan fingerprint density at radius 2 is 1.74 bits per heavy atom. The molecule has 0 saturated heterocycles. The van der Waals surface area contributed by atoms with Crippen molar-refractivity contribution in [3.05, 3.63) is 64.1 Å². The van der Waals surface area contributed by atoms with Crippen LogP contribution in [0.5, 0.6) is 5.75 Å². The van der Waals surface area contributed by atoms with E-state index in [1.54, 1.807) is 6.07 Å². The number of ether oxygens (including phenoxy) is 1. The predicted octanol–water partition coefficient (Wildman–Crippen LogP) is 4.56. The van der Waals surface area contributed by atoms with E-state index in [0.717, 1.165) is 10.2 Å². The van der Waals surface area contributed by atoms with Gasteiger partial charge in [-0.05, 0) is 51.2 Å². The maximum Gasteiger partial charge on any atom is 0.252 e. The van der Waals surface area contributed by atoms with Gasteiger partial charge in [-0.1, -0.05) is 45.0 Å². The molecule has 0 fully saturated rings. The Morgan fingerprint density at radius 1 is 1.09 bits per heavy atom. The highest BCUT2D eigenvalue weighted by Crippen LogP contribution is 2.24. The second kappa shape index (κ2) is 7.64. The standard InChI is InChI=1S/C19H22BrNO2/c1-19(2,3)14-8-10-15(11-9-14)23-13-12-21-18(22)16-6-4-5-7-17(16)20/h4-11H,12-13H2,1-3H3,(H,21,22). The summed E-state index contributed by atoms with van der Waals surface area (Å²) in [6.45, 7) is 7.44. The number of hydrogen-bond donors (Lipinski definition) is 1. The fourth-order valence-electron chi connectivity index (χ4n) is 2.13. The summed E-state index contributed by atoms with van der Waals surface area (Å²) in [4.78, 5) is 12.0. The Kier molecular flexibility index (Phi) is 5.83. The zero-order chi connectivity index (χ0) is 16.9. The first-order valence-electron chi connectivity index (χ1n) is 7.64. The number of halogens is 1. The highest BCUT2D eigenvalue weighted by Gasteiger charge is 2.13. The van der Waals surface area contributed by atoms with Crippen molar-refractivity contribution < 1.29 is 9.53 Å². The number of rotatable bonds is 5. The number of nitrogens with one attached hydrogen (secondary N) is 1. The van der Waals surface area contributed by atoms with Crippen LogP contribution in [0.3, 0.4) is 0 Å². The van der Waals surface area contributed by atoms with Gasteiger partial charge in [0.15, 0.2) is 0 Å². The van der Waals surface area contributed by atoms with E-state index in [0.29, 0.717) is 18.7 Å². The molecule has 0 aliphatic rings. The first kappa shape index (κ1) is 17.5. The minimum atomic E-state index is -0.107. The monoisotopic (exact) mass is 375 g/mol. The quantitative estimate of drug-likeness (QED) is 0.778. The minimum absolute atomic E-state index is 0.107. The first-order valence-corrected chi connectivity index (χ1v) is 8.43. The molecule has 1 N–H and O–H groups in total. The second-order valence-electron chi connectivity index (χ2n) is 6.36.